The molecule has 0 aliphatic heterocycles. The van der Waals surface area contributed by atoms with Gasteiger partial charge in [-0.3, -0.25) is 4.79 Å². The fourth-order valence-corrected chi connectivity index (χ4v) is 4.91. The number of ketones is 1. The van der Waals surface area contributed by atoms with Crippen LogP contribution in [0.1, 0.15) is 21.5 Å². The summed E-state index contributed by atoms with van der Waals surface area (Å²) in [5, 5.41) is 0. The van der Waals surface area contributed by atoms with Gasteiger partial charge in [-0.1, -0.05) is 22.0 Å². The van der Waals surface area contributed by atoms with Gasteiger partial charge in [-0.25, -0.2) is 0 Å². The molecule has 0 unspecified atom stereocenters. The van der Waals surface area contributed by atoms with Crippen LogP contribution in [0.2, 0.25) is 0 Å². The average Bonchev–Trinajstić information content (AvgIpc) is 2.57. The van der Waals surface area contributed by atoms with Gasteiger partial charge >= 0.3 is 0 Å². The minimum Gasteiger partial charge on any atom is -0.288 e. The van der Waals surface area contributed by atoms with Crippen LogP contribution in [-0.2, 0) is 0 Å². The number of halogens is 3. The minimum atomic E-state index is 0.0192. The zero-order chi connectivity index (χ0) is 12.6. The lowest BCUT2D eigenvalue weighted by molar-refractivity contribution is 0.103. The van der Waals surface area contributed by atoms with Crippen LogP contribution in [0.3, 0.4) is 0 Å². The van der Waals surface area contributed by atoms with Gasteiger partial charge in [0.05, 0.1) is 7.57 Å². The SMILES string of the molecule is Cc1ccc(C(=O)c2cc(Br)sc2Br)c(Br)c1. The lowest BCUT2D eigenvalue weighted by Crippen LogP contribution is -2.01. The molecule has 0 saturated carbocycles. The molecule has 1 nitrogen and oxygen atoms in total. The van der Waals surface area contributed by atoms with E-state index in [-0.39, 0.29) is 5.78 Å². The Balaban J connectivity index is 2.47. The van der Waals surface area contributed by atoms with E-state index < -0.39 is 0 Å². The quantitative estimate of drug-likeness (QED) is 0.560. The number of rotatable bonds is 2. The molecule has 2 rings (SSSR count). The maximum atomic E-state index is 12.3. The number of thiophene rings is 1. The molecule has 0 amide bonds. The van der Waals surface area contributed by atoms with Crippen molar-refractivity contribution >= 4 is 64.9 Å². The highest BCUT2D eigenvalue weighted by Gasteiger charge is 2.17. The first-order valence-electron chi connectivity index (χ1n) is 4.74. The van der Waals surface area contributed by atoms with Gasteiger partial charge in [0, 0.05) is 15.6 Å². The molecule has 0 radical (unpaired) electrons. The summed E-state index contributed by atoms with van der Waals surface area (Å²) < 4.78 is 2.62. The highest BCUT2D eigenvalue weighted by Crippen LogP contribution is 2.34. The van der Waals surface area contributed by atoms with E-state index in [4.69, 9.17) is 0 Å². The molecule has 88 valence electrons. The molecule has 2 aromatic rings. The van der Waals surface area contributed by atoms with Crippen LogP contribution in [0.5, 0.6) is 0 Å². The molecule has 0 fully saturated rings. The molecule has 5 heteroatoms. The molecule has 1 heterocycles. The van der Waals surface area contributed by atoms with E-state index in [9.17, 15) is 4.79 Å². The fraction of sp³-hybridized carbons (Fsp3) is 0.0833. The van der Waals surface area contributed by atoms with Crippen LogP contribution in [0.4, 0.5) is 0 Å². The number of benzene rings is 1. The van der Waals surface area contributed by atoms with Crippen LogP contribution >= 0.6 is 59.1 Å². The van der Waals surface area contributed by atoms with Gasteiger partial charge in [0.25, 0.3) is 0 Å². The second-order valence-corrected chi connectivity index (χ2v) is 8.15. The zero-order valence-electron chi connectivity index (χ0n) is 8.76. The van der Waals surface area contributed by atoms with Crippen molar-refractivity contribution in [3.05, 3.63) is 53.0 Å². The molecular weight excluding hydrogens is 432 g/mol. The van der Waals surface area contributed by atoms with Crippen LogP contribution in [-0.4, -0.2) is 5.78 Å². The summed E-state index contributed by atoms with van der Waals surface area (Å²) in [6.45, 7) is 2.00. The van der Waals surface area contributed by atoms with Crippen molar-refractivity contribution in [2.75, 3.05) is 0 Å². The van der Waals surface area contributed by atoms with E-state index in [1.54, 1.807) is 0 Å². The fourth-order valence-electron chi connectivity index (χ4n) is 1.44. The maximum Gasteiger partial charge on any atom is 0.196 e. The lowest BCUT2D eigenvalue weighted by Gasteiger charge is -2.03. The zero-order valence-corrected chi connectivity index (χ0v) is 14.3. The predicted molar refractivity (Wildman–Crippen MR) is 82.0 cm³/mol. The second-order valence-electron chi connectivity index (χ2n) is 3.55. The first kappa shape index (κ1) is 13.5. The van der Waals surface area contributed by atoms with E-state index in [0.29, 0.717) is 11.1 Å². The Morgan fingerprint density at radius 1 is 1.12 bits per heavy atom. The number of hydrogen-bond donors (Lipinski definition) is 0. The molecule has 1 aromatic carbocycles. The van der Waals surface area contributed by atoms with Crippen LogP contribution in [0.25, 0.3) is 0 Å². The lowest BCUT2D eigenvalue weighted by atomic mass is 10.0. The van der Waals surface area contributed by atoms with Gasteiger partial charge in [-0.2, -0.15) is 0 Å². The summed E-state index contributed by atoms with van der Waals surface area (Å²) in [7, 11) is 0. The summed E-state index contributed by atoms with van der Waals surface area (Å²) >= 11 is 11.7. The second kappa shape index (κ2) is 5.34. The Kier molecular flexibility index (Phi) is 4.23. The molecule has 0 atom stereocenters. The molecule has 0 aliphatic rings. The minimum absolute atomic E-state index is 0.0192. The topological polar surface area (TPSA) is 17.1 Å². The van der Waals surface area contributed by atoms with Crippen molar-refractivity contribution in [3.63, 3.8) is 0 Å². The van der Waals surface area contributed by atoms with Gasteiger partial charge in [0.2, 0.25) is 0 Å². The average molecular weight is 439 g/mol. The monoisotopic (exact) mass is 436 g/mol. The number of carbonyl (C=O) groups excluding carboxylic acids is 1. The van der Waals surface area contributed by atoms with Gasteiger partial charge in [-0.15, -0.1) is 11.3 Å². The molecule has 0 N–H and O–H groups in total. The normalized spacial score (nSPS) is 10.6. The molecule has 0 aliphatic carbocycles. The Bertz CT molecular complexity index is 589. The van der Waals surface area contributed by atoms with E-state index in [1.165, 1.54) is 11.3 Å². The van der Waals surface area contributed by atoms with Crippen molar-refractivity contribution in [3.8, 4) is 0 Å². The molecule has 0 saturated heterocycles. The summed E-state index contributed by atoms with van der Waals surface area (Å²) in [4.78, 5) is 12.3. The number of hydrogen-bond acceptors (Lipinski definition) is 2. The molecule has 0 spiro atoms. The highest BCUT2D eigenvalue weighted by atomic mass is 79.9. The third-order valence-electron chi connectivity index (χ3n) is 2.27. The summed E-state index contributed by atoms with van der Waals surface area (Å²) in [6, 6.07) is 7.57. The first-order chi connectivity index (χ1) is 7.99. The molecular formula is C12H7Br3OS. The van der Waals surface area contributed by atoms with Crippen LogP contribution in [0, 0.1) is 6.92 Å². The van der Waals surface area contributed by atoms with Crippen molar-refractivity contribution in [2.45, 2.75) is 6.92 Å². The Morgan fingerprint density at radius 3 is 2.35 bits per heavy atom. The van der Waals surface area contributed by atoms with Crippen LogP contribution in [0.15, 0.2) is 36.3 Å². The highest BCUT2D eigenvalue weighted by molar-refractivity contribution is 9.12. The largest absolute Gasteiger partial charge is 0.288 e. The third kappa shape index (κ3) is 2.89. The number of aryl methyl sites for hydroxylation is 1. The van der Waals surface area contributed by atoms with Gasteiger partial charge in [0.1, 0.15) is 0 Å². The van der Waals surface area contributed by atoms with Crippen molar-refractivity contribution in [2.24, 2.45) is 0 Å². The predicted octanol–water partition coefficient (Wildman–Crippen LogP) is 5.58. The smallest absolute Gasteiger partial charge is 0.196 e. The van der Waals surface area contributed by atoms with Gasteiger partial charge in [-0.05, 0) is 62.5 Å². The maximum absolute atomic E-state index is 12.3. The molecule has 1 aromatic heterocycles. The number of carbonyl (C=O) groups is 1. The van der Waals surface area contributed by atoms with E-state index in [1.807, 2.05) is 31.2 Å². The first-order valence-corrected chi connectivity index (χ1v) is 7.94. The summed E-state index contributed by atoms with van der Waals surface area (Å²) in [6.07, 6.45) is 0. The standard InChI is InChI=1S/C12H7Br3OS/c1-6-2-3-7(9(13)4-6)11(16)8-5-10(14)17-12(8)15/h2-5H,1H3. The Labute approximate surface area is 129 Å². The summed E-state index contributed by atoms with van der Waals surface area (Å²) in [5.41, 5.74) is 2.49. The van der Waals surface area contributed by atoms with E-state index >= 15 is 0 Å². The summed E-state index contributed by atoms with van der Waals surface area (Å²) in [5.74, 6) is 0.0192. The van der Waals surface area contributed by atoms with Crippen molar-refractivity contribution in [1.82, 2.24) is 0 Å². The molecule has 17 heavy (non-hydrogen) atoms. The van der Waals surface area contributed by atoms with E-state index in [0.717, 1.165) is 17.6 Å². The van der Waals surface area contributed by atoms with E-state index in [2.05, 4.69) is 47.8 Å². The Morgan fingerprint density at radius 2 is 1.82 bits per heavy atom. The Hall–Kier alpha value is 0.0300. The molecule has 0 bridgehead atoms. The van der Waals surface area contributed by atoms with Crippen molar-refractivity contribution < 1.29 is 4.79 Å². The van der Waals surface area contributed by atoms with Crippen LogP contribution < -0.4 is 0 Å². The van der Waals surface area contributed by atoms with Gasteiger partial charge in [0.15, 0.2) is 5.78 Å². The van der Waals surface area contributed by atoms with Crippen molar-refractivity contribution in [1.29, 1.82) is 0 Å². The van der Waals surface area contributed by atoms with Gasteiger partial charge < -0.3 is 0 Å². The third-order valence-corrected chi connectivity index (χ3v) is 5.27.